The molecule has 0 radical (unpaired) electrons. The number of carbonyl (C=O) groups is 1. The number of hydrogen-bond donors (Lipinski definition) is 1. The summed E-state index contributed by atoms with van der Waals surface area (Å²) in [5, 5.41) is 0. The highest BCUT2D eigenvalue weighted by molar-refractivity contribution is 5.75. The van der Waals surface area contributed by atoms with E-state index in [0.717, 1.165) is 61.2 Å². The zero-order valence-electron chi connectivity index (χ0n) is 17.9. The lowest BCUT2D eigenvalue weighted by Crippen LogP contribution is -2.25. The smallest absolute Gasteiger partial charge is 0.329 e. The Morgan fingerprint density at radius 2 is 2.06 bits per heavy atom. The molecule has 8 heteroatoms. The van der Waals surface area contributed by atoms with Crippen LogP contribution in [0.5, 0.6) is 0 Å². The number of unbranched alkanes of at least 4 members (excludes halogenated alkanes) is 2. The summed E-state index contributed by atoms with van der Waals surface area (Å²) < 4.78 is 10.8. The van der Waals surface area contributed by atoms with Crippen LogP contribution in [0.25, 0.3) is 17.1 Å². The summed E-state index contributed by atoms with van der Waals surface area (Å²) in [5.41, 5.74) is 8.40. The topological polar surface area (TPSA) is 97.1 Å². The average molecular weight is 424 g/mol. The van der Waals surface area contributed by atoms with Crippen molar-refractivity contribution in [3.05, 3.63) is 58.7 Å². The summed E-state index contributed by atoms with van der Waals surface area (Å²) >= 11 is 0. The van der Waals surface area contributed by atoms with Gasteiger partial charge in [0.2, 0.25) is 0 Å². The van der Waals surface area contributed by atoms with Gasteiger partial charge in [-0.25, -0.2) is 9.78 Å². The number of nitrogens with zero attached hydrogens (tertiary/aromatic N) is 4. The van der Waals surface area contributed by atoms with Crippen LogP contribution < -0.4 is 11.4 Å². The molecule has 1 saturated carbocycles. The van der Waals surface area contributed by atoms with Crippen molar-refractivity contribution in [3.8, 4) is 0 Å². The van der Waals surface area contributed by atoms with E-state index in [1.165, 1.54) is 13.1 Å². The molecule has 0 spiro atoms. The molecule has 0 aliphatic heterocycles. The fourth-order valence-corrected chi connectivity index (χ4v) is 3.97. The van der Waals surface area contributed by atoms with Crippen molar-refractivity contribution in [2.45, 2.75) is 58.2 Å². The maximum atomic E-state index is 13.0. The standard InChI is InChI=1S/C23H29N5O3/c1-17(29)31-14-6-2-5-13-27-21-8-4-3-7-20(21)25-22(27)16-26-15-19(11-12-24)28(23(26)30)18-9-10-18/h3-4,7-8,11-12,15,18H,2,5-6,9-10,13-14,16,24H2,1H3/b12-11-. The average Bonchev–Trinajstić information content (AvgIpc) is 3.45. The summed E-state index contributed by atoms with van der Waals surface area (Å²) in [6, 6.07) is 8.31. The molecule has 0 bridgehead atoms. The van der Waals surface area contributed by atoms with Crippen LogP contribution in [-0.4, -0.2) is 31.3 Å². The highest BCUT2D eigenvalue weighted by Crippen LogP contribution is 2.35. The SMILES string of the molecule is CC(=O)OCCCCCn1c(Cn2cc(/C=C\N)n(C3CC3)c2=O)nc2ccccc21. The number of hydrogen-bond acceptors (Lipinski definition) is 5. The van der Waals surface area contributed by atoms with Gasteiger partial charge < -0.3 is 15.0 Å². The summed E-state index contributed by atoms with van der Waals surface area (Å²) in [4.78, 5) is 28.7. The van der Waals surface area contributed by atoms with E-state index in [2.05, 4.69) is 10.6 Å². The number of para-hydroxylation sites is 2. The lowest BCUT2D eigenvalue weighted by atomic mass is 10.2. The van der Waals surface area contributed by atoms with Gasteiger partial charge in [0.1, 0.15) is 5.82 Å². The Bertz CT molecular complexity index is 1150. The van der Waals surface area contributed by atoms with Gasteiger partial charge in [0.15, 0.2) is 0 Å². The number of imidazole rings is 2. The second-order valence-electron chi connectivity index (χ2n) is 7.99. The van der Waals surface area contributed by atoms with Crippen LogP contribution in [0, 0.1) is 0 Å². The van der Waals surface area contributed by atoms with E-state index >= 15 is 0 Å². The second-order valence-corrected chi connectivity index (χ2v) is 7.99. The Hall–Kier alpha value is -3.29. The van der Waals surface area contributed by atoms with E-state index in [1.54, 1.807) is 10.6 Å². The predicted octanol–water partition coefficient (Wildman–Crippen LogP) is 3.05. The van der Waals surface area contributed by atoms with Crippen molar-refractivity contribution >= 4 is 23.1 Å². The fraction of sp³-hybridized carbons (Fsp3) is 0.435. The molecule has 1 aliphatic carbocycles. The Labute approximate surface area is 180 Å². The third kappa shape index (κ3) is 4.73. The first kappa shape index (κ1) is 21.0. The van der Waals surface area contributed by atoms with Crippen LogP contribution in [0.3, 0.4) is 0 Å². The lowest BCUT2D eigenvalue weighted by Gasteiger charge is -2.10. The van der Waals surface area contributed by atoms with Crippen molar-refractivity contribution in [1.29, 1.82) is 0 Å². The first-order valence-corrected chi connectivity index (χ1v) is 10.9. The van der Waals surface area contributed by atoms with E-state index in [1.807, 2.05) is 29.0 Å². The number of benzene rings is 1. The van der Waals surface area contributed by atoms with E-state index in [-0.39, 0.29) is 17.7 Å². The summed E-state index contributed by atoms with van der Waals surface area (Å²) in [5.74, 6) is 0.620. The highest BCUT2D eigenvalue weighted by Gasteiger charge is 2.28. The van der Waals surface area contributed by atoms with Gasteiger partial charge in [-0.05, 0) is 56.5 Å². The number of carbonyl (C=O) groups excluding carboxylic acids is 1. The Kier molecular flexibility index (Phi) is 6.25. The molecule has 2 heterocycles. The maximum Gasteiger partial charge on any atom is 0.329 e. The maximum absolute atomic E-state index is 13.0. The van der Waals surface area contributed by atoms with Crippen LogP contribution in [0.15, 0.2) is 41.5 Å². The number of fused-ring (bicyclic) bond motifs is 1. The fourth-order valence-electron chi connectivity index (χ4n) is 3.97. The molecule has 1 aliphatic rings. The van der Waals surface area contributed by atoms with Gasteiger partial charge in [0.05, 0.1) is 29.9 Å². The third-order valence-corrected chi connectivity index (χ3v) is 5.57. The minimum Gasteiger partial charge on any atom is -0.466 e. The first-order valence-electron chi connectivity index (χ1n) is 10.9. The Balaban J connectivity index is 1.55. The van der Waals surface area contributed by atoms with E-state index in [9.17, 15) is 9.59 Å². The number of aromatic nitrogens is 4. The molecule has 0 atom stereocenters. The molecule has 2 aromatic heterocycles. The first-order chi connectivity index (χ1) is 15.1. The molecule has 0 saturated heterocycles. The van der Waals surface area contributed by atoms with Crippen molar-refractivity contribution in [1.82, 2.24) is 18.7 Å². The molecule has 2 N–H and O–H groups in total. The highest BCUT2D eigenvalue weighted by atomic mass is 16.5. The van der Waals surface area contributed by atoms with Gasteiger partial charge in [0.25, 0.3) is 0 Å². The molecule has 31 heavy (non-hydrogen) atoms. The molecule has 1 fully saturated rings. The van der Waals surface area contributed by atoms with Gasteiger partial charge in [0, 0.05) is 25.7 Å². The van der Waals surface area contributed by atoms with Crippen LogP contribution in [0.1, 0.15) is 56.6 Å². The van der Waals surface area contributed by atoms with Crippen molar-refractivity contribution < 1.29 is 9.53 Å². The summed E-state index contributed by atoms with van der Waals surface area (Å²) in [6.45, 7) is 3.08. The molecule has 0 unspecified atom stereocenters. The molecule has 3 aromatic rings. The Morgan fingerprint density at radius 1 is 1.26 bits per heavy atom. The van der Waals surface area contributed by atoms with Crippen molar-refractivity contribution in [3.63, 3.8) is 0 Å². The number of rotatable bonds is 10. The van der Waals surface area contributed by atoms with E-state index < -0.39 is 0 Å². The van der Waals surface area contributed by atoms with Gasteiger partial charge in [-0.1, -0.05) is 12.1 Å². The van der Waals surface area contributed by atoms with Crippen molar-refractivity contribution in [2.24, 2.45) is 5.73 Å². The molecule has 8 nitrogen and oxygen atoms in total. The summed E-state index contributed by atoms with van der Waals surface area (Å²) in [7, 11) is 0. The van der Waals surface area contributed by atoms with Gasteiger partial charge >= 0.3 is 11.7 Å². The molecule has 4 rings (SSSR count). The van der Waals surface area contributed by atoms with E-state index in [4.69, 9.17) is 15.5 Å². The molecular formula is C23H29N5O3. The summed E-state index contributed by atoms with van der Waals surface area (Å²) in [6.07, 6.45) is 9.90. The lowest BCUT2D eigenvalue weighted by molar-refractivity contribution is -0.141. The normalized spacial score (nSPS) is 14.0. The zero-order valence-corrected chi connectivity index (χ0v) is 17.9. The molecule has 0 amide bonds. The minimum atomic E-state index is -0.240. The minimum absolute atomic E-state index is 0.0180. The van der Waals surface area contributed by atoms with Crippen LogP contribution in [-0.2, 0) is 22.6 Å². The third-order valence-electron chi connectivity index (χ3n) is 5.57. The van der Waals surface area contributed by atoms with Crippen LogP contribution >= 0.6 is 0 Å². The Morgan fingerprint density at radius 3 is 2.81 bits per heavy atom. The van der Waals surface area contributed by atoms with E-state index in [0.29, 0.717) is 13.2 Å². The zero-order chi connectivity index (χ0) is 21.8. The van der Waals surface area contributed by atoms with Gasteiger partial charge in [-0.2, -0.15) is 0 Å². The number of esters is 1. The molecule has 1 aromatic carbocycles. The van der Waals surface area contributed by atoms with Gasteiger partial charge in [-0.15, -0.1) is 0 Å². The van der Waals surface area contributed by atoms with Crippen LogP contribution in [0.4, 0.5) is 0 Å². The molecular weight excluding hydrogens is 394 g/mol. The monoisotopic (exact) mass is 423 g/mol. The number of ether oxygens (including phenoxy) is 1. The van der Waals surface area contributed by atoms with Gasteiger partial charge in [-0.3, -0.25) is 13.9 Å². The largest absolute Gasteiger partial charge is 0.466 e. The van der Waals surface area contributed by atoms with Crippen molar-refractivity contribution in [2.75, 3.05) is 6.61 Å². The number of aryl methyl sites for hydroxylation is 1. The van der Waals surface area contributed by atoms with Crippen LogP contribution in [0.2, 0.25) is 0 Å². The number of nitrogens with two attached hydrogens (primary N) is 1. The quantitative estimate of drug-likeness (QED) is 0.399. The molecule has 164 valence electrons. The second kappa shape index (κ2) is 9.24. The predicted molar refractivity (Wildman–Crippen MR) is 120 cm³/mol.